The Morgan fingerprint density at radius 3 is 2.67 bits per heavy atom. The van der Waals surface area contributed by atoms with Gasteiger partial charge in [-0.15, -0.1) is 0 Å². The SMILES string of the molecule is CCNC1(CO)CCCC(OCC2CCCC2)C1. The highest BCUT2D eigenvalue weighted by Crippen LogP contribution is 2.31. The van der Waals surface area contributed by atoms with Crippen LogP contribution in [-0.2, 0) is 4.74 Å². The zero-order valence-corrected chi connectivity index (χ0v) is 11.8. The van der Waals surface area contributed by atoms with Gasteiger partial charge in [0.05, 0.1) is 12.7 Å². The third-order valence-corrected chi connectivity index (χ3v) is 4.70. The van der Waals surface area contributed by atoms with Crippen molar-refractivity contribution in [2.24, 2.45) is 5.92 Å². The van der Waals surface area contributed by atoms with Crippen LogP contribution in [0.3, 0.4) is 0 Å². The van der Waals surface area contributed by atoms with E-state index in [4.69, 9.17) is 4.74 Å². The molecule has 2 aliphatic carbocycles. The molecular formula is C15H29NO2. The van der Waals surface area contributed by atoms with E-state index in [-0.39, 0.29) is 12.1 Å². The first-order valence-corrected chi connectivity index (χ1v) is 7.75. The van der Waals surface area contributed by atoms with Crippen LogP contribution in [0.25, 0.3) is 0 Å². The molecule has 0 heterocycles. The molecule has 0 spiro atoms. The molecule has 0 bridgehead atoms. The van der Waals surface area contributed by atoms with E-state index >= 15 is 0 Å². The number of aliphatic hydroxyl groups is 1. The van der Waals surface area contributed by atoms with Crippen molar-refractivity contribution in [3.63, 3.8) is 0 Å². The highest BCUT2D eigenvalue weighted by molar-refractivity contribution is 4.93. The fourth-order valence-corrected chi connectivity index (χ4v) is 3.63. The maximum Gasteiger partial charge on any atom is 0.0614 e. The summed E-state index contributed by atoms with van der Waals surface area (Å²) >= 11 is 0. The molecule has 2 N–H and O–H groups in total. The number of nitrogens with one attached hydrogen (secondary N) is 1. The average molecular weight is 255 g/mol. The fourth-order valence-electron chi connectivity index (χ4n) is 3.63. The van der Waals surface area contributed by atoms with E-state index in [1.807, 2.05) is 0 Å². The molecular weight excluding hydrogens is 226 g/mol. The molecule has 18 heavy (non-hydrogen) atoms. The molecule has 2 aliphatic rings. The van der Waals surface area contributed by atoms with E-state index < -0.39 is 0 Å². The third kappa shape index (κ3) is 3.69. The molecule has 0 radical (unpaired) electrons. The van der Waals surface area contributed by atoms with Crippen LogP contribution in [-0.4, -0.2) is 36.5 Å². The maximum absolute atomic E-state index is 9.65. The van der Waals surface area contributed by atoms with Crippen molar-refractivity contribution >= 4 is 0 Å². The lowest BCUT2D eigenvalue weighted by molar-refractivity contribution is -0.0277. The van der Waals surface area contributed by atoms with Crippen molar-refractivity contribution < 1.29 is 9.84 Å². The molecule has 0 aromatic rings. The van der Waals surface area contributed by atoms with E-state index in [2.05, 4.69) is 12.2 Å². The molecule has 0 saturated heterocycles. The van der Waals surface area contributed by atoms with Gasteiger partial charge >= 0.3 is 0 Å². The fraction of sp³-hybridized carbons (Fsp3) is 1.00. The summed E-state index contributed by atoms with van der Waals surface area (Å²) in [5.74, 6) is 0.801. The summed E-state index contributed by atoms with van der Waals surface area (Å²) in [6.45, 7) is 4.22. The van der Waals surface area contributed by atoms with Crippen molar-refractivity contribution in [2.45, 2.75) is 69.9 Å². The second-order valence-corrected chi connectivity index (χ2v) is 6.17. The Kier molecular flexibility index (Phi) is 5.46. The van der Waals surface area contributed by atoms with Crippen molar-refractivity contribution in [1.82, 2.24) is 5.32 Å². The highest BCUT2D eigenvalue weighted by atomic mass is 16.5. The monoisotopic (exact) mass is 255 g/mol. The van der Waals surface area contributed by atoms with Crippen molar-refractivity contribution in [3.05, 3.63) is 0 Å². The van der Waals surface area contributed by atoms with Crippen LogP contribution in [0.2, 0.25) is 0 Å². The number of hydrogen-bond acceptors (Lipinski definition) is 3. The molecule has 2 rings (SSSR count). The summed E-state index contributed by atoms with van der Waals surface area (Å²) in [5.41, 5.74) is -0.0760. The second-order valence-electron chi connectivity index (χ2n) is 6.17. The van der Waals surface area contributed by atoms with Gasteiger partial charge in [0.15, 0.2) is 0 Å². The predicted molar refractivity (Wildman–Crippen MR) is 73.7 cm³/mol. The summed E-state index contributed by atoms with van der Waals surface area (Å²) < 4.78 is 6.12. The molecule has 2 atom stereocenters. The molecule has 0 aromatic heterocycles. The van der Waals surface area contributed by atoms with E-state index in [1.165, 1.54) is 38.5 Å². The first-order valence-electron chi connectivity index (χ1n) is 7.75. The van der Waals surface area contributed by atoms with Gasteiger partial charge in [0.1, 0.15) is 0 Å². The first kappa shape index (κ1) is 14.3. The number of rotatable bonds is 6. The molecule has 2 unspecified atom stereocenters. The Morgan fingerprint density at radius 1 is 1.22 bits per heavy atom. The van der Waals surface area contributed by atoms with Gasteiger partial charge in [-0.25, -0.2) is 0 Å². The summed E-state index contributed by atoms with van der Waals surface area (Å²) in [7, 11) is 0. The van der Waals surface area contributed by atoms with Gasteiger partial charge < -0.3 is 15.2 Å². The summed E-state index contributed by atoms with van der Waals surface area (Å²) in [4.78, 5) is 0. The lowest BCUT2D eigenvalue weighted by Gasteiger charge is -2.40. The van der Waals surface area contributed by atoms with Crippen molar-refractivity contribution in [2.75, 3.05) is 19.8 Å². The molecule has 106 valence electrons. The quantitative estimate of drug-likeness (QED) is 0.766. The van der Waals surface area contributed by atoms with Gasteiger partial charge in [-0.05, 0) is 51.0 Å². The molecule has 0 amide bonds. The zero-order chi connectivity index (χ0) is 12.8. The van der Waals surface area contributed by atoms with Gasteiger partial charge in [-0.2, -0.15) is 0 Å². The van der Waals surface area contributed by atoms with Crippen LogP contribution in [0, 0.1) is 5.92 Å². The minimum Gasteiger partial charge on any atom is -0.394 e. The third-order valence-electron chi connectivity index (χ3n) is 4.70. The van der Waals surface area contributed by atoms with Gasteiger partial charge in [-0.1, -0.05) is 19.8 Å². The second kappa shape index (κ2) is 6.88. The summed E-state index contributed by atoms with van der Waals surface area (Å²) in [6.07, 6.45) is 10.2. The predicted octanol–water partition coefficient (Wildman–Crippen LogP) is 2.48. The standard InChI is InChI=1S/C15H29NO2/c1-2-16-15(12-17)9-5-8-14(10-15)18-11-13-6-3-4-7-13/h13-14,16-17H,2-12H2,1H3. The van der Waals surface area contributed by atoms with Gasteiger partial charge in [0.25, 0.3) is 0 Å². The molecule has 3 nitrogen and oxygen atoms in total. The normalized spacial score (nSPS) is 34.0. The molecule has 0 aliphatic heterocycles. The van der Waals surface area contributed by atoms with Crippen LogP contribution < -0.4 is 5.32 Å². The average Bonchev–Trinajstić information content (AvgIpc) is 2.90. The Morgan fingerprint density at radius 2 is 2.00 bits per heavy atom. The van der Waals surface area contributed by atoms with Crippen LogP contribution in [0.4, 0.5) is 0 Å². The minimum absolute atomic E-state index is 0.0760. The zero-order valence-electron chi connectivity index (χ0n) is 11.8. The lowest BCUT2D eigenvalue weighted by atomic mass is 9.80. The minimum atomic E-state index is -0.0760. The van der Waals surface area contributed by atoms with Crippen molar-refractivity contribution in [1.29, 1.82) is 0 Å². The molecule has 0 aromatic carbocycles. The van der Waals surface area contributed by atoms with Crippen molar-refractivity contribution in [3.8, 4) is 0 Å². The van der Waals surface area contributed by atoms with Crippen LogP contribution in [0.1, 0.15) is 58.3 Å². The number of hydrogen-bond donors (Lipinski definition) is 2. The van der Waals surface area contributed by atoms with E-state index in [1.54, 1.807) is 0 Å². The summed E-state index contributed by atoms with van der Waals surface area (Å²) in [6, 6.07) is 0. The van der Waals surface area contributed by atoms with E-state index in [9.17, 15) is 5.11 Å². The molecule has 3 heteroatoms. The topological polar surface area (TPSA) is 41.5 Å². The van der Waals surface area contributed by atoms with Gasteiger partial charge in [0.2, 0.25) is 0 Å². The van der Waals surface area contributed by atoms with Crippen LogP contribution in [0.5, 0.6) is 0 Å². The number of likely N-dealkylation sites (N-methyl/N-ethyl adjacent to an activating group) is 1. The molecule has 2 fully saturated rings. The highest BCUT2D eigenvalue weighted by Gasteiger charge is 2.35. The van der Waals surface area contributed by atoms with Gasteiger partial charge in [-0.3, -0.25) is 0 Å². The summed E-state index contributed by atoms with van der Waals surface area (Å²) in [5, 5.41) is 13.1. The Hall–Kier alpha value is -0.120. The first-order chi connectivity index (χ1) is 8.78. The van der Waals surface area contributed by atoms with E-state index in [0.717, 1.165) is 31.9 Å². The van der Waals surface area contributed by atoms with Crippen LogP contribution >= 0.6 is 0 Å². The Bertz CT molecular complexity index is 237. The van der Waals surface area contributed by atoms with Gasteiger partial charge in [0, 0.05) is 12.1 Å². The maximum atomic E-state index is 9.65. The largest absolute Gasteiger partial charge is 0.394 e. The van der Waals surface area contributed by atoms with Crippen LogP contribution in [0.15, 0.2) is 0 Å². The Labute approximate surface area is 111 Å². The molecule has 2 saturated carbocycles. The Balaban J connectivity index is 1.78. The number of aliphatic hydroxyl groups excluding tert-OH is 1. The smallest absolute Gasteiger partial charge is 0.0614 e. The number of ether oxygens (including phenoxy) is 1. The lowest BCUT2D eigenvalue weighted by Crippen LogP contribution is -2.53. The van der Waals surface area contributed by atoms with E-state index in [0.29, 0.717) is 6.10 Å².